The van der Waals surface area contributed by atoms with Crippen molar-refractivity contribution in [2.24, 2.45) is 0 Å². The Balaban J connectivity index is 2.44. The van der Waals surface area contributed by atoms with Crippen molar-refractivity contribution in [2.75, 3.05) is 0 Å². The van der Waals surface area contributed by atoms with Gasteiger partial charge in [-0.2, -0.15) is 0 Å². The lowest BCUT2D eigenvalue weighted by molar-refractivity contribution is 0.105. The molecule has 0 aliphatic carbocycles. The summed E-state index contributed by atoms with van der Waals surface area (Å²) in [6.45, 7) is 2.10. The Bertz CT molecular complexity index is 312. The molecule has 2 nitrogen and oxygen atoms in total. The average molecular weight is 176 g/mol. The molecule has 0 N–H and O–H groups in total. The van der Waals surface area contributed by atoms with Crippen molar-refractivity contribution in [3.05, 3.63) is 24.2 Å². The van der Waals surface area contributed by atoms with Crippen molar-refractivity contribution in [2.45, 2.75) is 26.2 Å². The smallest absolute Gasteiger partial charge is 0.239 e. The molecule has 0 atom stereocenters. The van der Waals surface area contributed by atoms with Crippen LogP contribution in [0.5, 0.6) is 0 Å². The Kier molecular flexibility index (Phi) is 3.84. The number of carbonyl (C=O) groups is 1. The standard InChI is InChI=1S/C11H12O2/c1-2-3-4-5-6-11(12)10-7-8-13-9-10/h7-9H,2-4H2,1H3. The van der Waals surface area contributed by atoms with Crippen molar-refractivity contribution >= 4 is 5.78 Å². The van der Waals surface area contributed by atoms with E-state index >= 15 is 0 Å². The van der Waals surface area contributed by atoms with Gasteiger partial charge in [-0.3, -0.25) is 4.79 Å². The third-order valence-electron chi connectivity index (χ3n) is 1.64. The van der Waals surface area contributed by atoms with E-state index in [1.165, 1.54) is 12.5 Å². The summed E-state index contributed by atoms with van der Waals surface area (Å²) in [6, 6.07) is 1.62. The van der Waals surface area contributed by atoms with Crippen LogP contribution in [0, 0.1) is 11.8 Å². The molecular weight excluding hydrogens is 164 g/mol. The lowest BCUT2D eigenvalue weighted by atomic mass is 10.2. The van der Waals surface area contributed by atoms with Gasteiger partial charge in [-0.1, -0.05) is 19.3 Å². The Morgan fingerprint density at radius 2 is 2.46 bits per heavy atom. The van der Waals surface area contributed by atoms with E-state index < -0.39 is 0 Å². The van der Waals surface area contributed by atoms with Gasteiger partial charge in [0, 0.05) is 6.42 Å². The lowest BCUT2D eigenvalue weighted by Gasteiger charge is -1.84. The number of carbonyl (C=O) groups excluding carboxylic acids is 1. The van der Waals surface area contributed by atoms with Crippen LogP contribution < -0.4 is 0 Å². The topological polar surface area (TPSA) is 30.2 Å². The van der Waals surface area contributed by atoms with E-state index in [4.69, 9.17) is 4.42 Å². The minimum atomic E-state index is -0.162. The summed E-state index contributed by atoms with van der Waals surface area (Å²) in [5.74, 6) is 5.24. The van der Waals surface area contributed by atoms with E-state index in [0.29, 0.717) is 5.56 Å². The molecule has 1 heterocycles. The minimum Gasteiger partial charge on any atom is -0.472 e. The first-order valence-electron chi connectivity index (χ1n) is 4.40. The summed E-state index contributed by atoms with van der Waals surface area (Å²) >= 11 is 0. The van der Waals surface area contributed by atoms with Crippen LogP contribution >= 0.6 is 0 Å². The molecule has 0 fully saturated rings. The van der Waals surface area contributed by atoms with Crippen LogP contribution in [-0.4, -0.2) is 5.78 Å². The van der Waals surface area contributed by atoms with E-state index in [1.807, 2.05) is 0 Å². The molecule has 1 rings (SSSR count). The average Bonchev–Trinajstić information content (AvgIpc) is 2.65. The Morgan fingerprint density at radius 1 is 1.62 bits per heavy atom. The number of unbranched alkanes of at least 4 members (excludes halogenated alkanes) is 2. The number of ketones is 1. The van der Waals surface area contributed by atoms with Gasteiger partial charge < -0.3 is 4.42 Å². The van der Waals surface area contributed by atoms with E-state index in [2.05, 4.69) is 18.8 Å². The van der Waals surface area contributed by atoms with Crippen LogP contribution in [0.25, 0.3) is 0 Å². The number of rotatable bonds is 3. The molecule has 68 valence electrons. The molecule has 2 heteroatoms. The second-order valence-electron chi connectivity index (χ2n) is 2.75. The molecular formula is C11H12O2. The van der Waals surface area contributed by atoms with Gasteiger partial charge >= 0.3 is 0 Å². The molecule has 0 unspecified atom stereocenters. The molecule has 0 aliphatic heterocycles. The maximum atomic E-state index is 11.2. The summed E-state index contributed by atoms with van der Waals surface area (Å²) in [5, 5.41) is 0. The lowest BCUT2D eigenvalue weighted by Crippen LogP contribution is -1.90. The van der Waals surface area contributed by atoms with Gasteiger partial charge in [0.2, 0.25) is 5.78 Å². The molecule has 1 aromatic rings. The maximum absolute atomic E-state index is 11.2. The van der Waals surface area contributed by atoms with Crippen LogP contribution in [0.4, 0.5) is 0 Å². The largest absolute Gasteiger partial charge is 0.472 e. The van der Waals surface area contributed by atoms with Crippen molar-refractivity contribution in [3.8, 4) is 11.8 Å². The van der Waals surface area contributed by atoms with Crippen LogP contribution in [0.3, 0.4) is 0 Å². The highest BCUT2D eigenvalue weighted by Crippen LogP contribution is 2.00. The molecule has 0 saturated heterocycles. The van der Waals surface area contributed by atoms with Crippen molar-refractivity contribution < 1.29 is 9.21 Å². The van der Waals surface area contributed by atoms with E-state index in [9.17, 15) is 4.79 Å². The van der Waals surface area contributed by atoms with E-state index in [1.54, 1.807) is 6.07 Å². The van der Waals surface area contributed by atoms with Crippen LogP contribution in [0.2, 0.25) is 0 Å². The van der Waals surface area contributed by atoms with Crippen molar-refractivity contribution in [3.63, 3.8) is 0 Å². The summed E-state index contributed by atoms with van der Waals surface area (Å²) in [5.41, 5.74) is 0.531. The second-order valence-corrected chi connectivity index (χ2v) is 2.75. The zero-order chi connectivity index (χ0) is 9.52. The van der Waals surface area contributed by atoms with Crippen LogP contribution in [-0.2, 0) is 0 Å². The molecule has 0 bridgehead atoms. The zero-order valence-electron chi connectivity index (χ0n) is 7.67. The SMILES string of the molecule is CCCCC#CC(=O)c1ccoc1. The van der Waals surface area contributed by atoms with Gasteiger partial charge in [0.05, 0.1) is 11.8 Å². The highest BCUT2D eigenvalue weighted by atomic mass is 16.3. The van der Waals surface area contributed by atoms with Gasteiger partial charge in [0.15, 0.2) is 0 Å². The van der Waals surface area contributed by atoms with Gasteiger partial charge in [-0.05, 0) is 18.4 Å². The first kappa shape index (κ1) is 9.60. The third-order valence-corrected chi connectivity index (χ3v) is 1.64. The zero-order valence-corrected chi connectivity index (χ0v) is 7.67. The fourth-order valence-electron chi connectivity index (χ4n) is 0.874. The highest BCUT2D eigenvalue weighted by Gasteiger charge is 2.01. The summed E-state index contributed by atoms with van der Waals surface area (Å²) in [7, 11) is 0. The molecule has 0 aliphatic rings. The fraction of sp³-hybridized carbons (Fsp3) is 0.364. The van der Waals surface area contributed by atoms with E-state index in [0.717, 1.165) is 19.3 Å². The fourth-order valence-corrected chi connectivity index (χ4v) is 0.874. The highest BCUT2D eigenvalue weighted by molar-refractivity contribution is 6.08. The Morgan fingerprint density at radius 3 is 3.08 bits per heavy atom. The van der Waals surface area contributed by atoms with Gasteiger partial charge in [0.1, 0.15) is 6.26 Å². The molecule has 0 aromatic carbocycles. The first-order valence-corrected chi connectivity index (χ1v) is 4.40. The van der Waals surface area contributed by atoms with Gasteiger partial charge in [-0.25, -0.2) is 0 Å². The Labute approximate surface area is 77.9 Å². The molecule has 0 spiro atoms. The molecule has 1 aromatic heterocycles. The predicted molar refractivity (Wildman–Crippen MR) is 50.3 cm³/mol. The quantitative estimate of drug-likeness (QED) is 0.307. The summed E-state index contributed by atoms with van der Waals surface area (Å²) < 4.78 is 4.77. The molecule has 0 amide bonds. The summed E-state index contributed by atoms with van der Waals surface area (Å²) in [4.78, 5) is 11.2. The van der Waals surface area contributed by atoms with Crippen LogP contribution in [0.15, 0.2) is 23.0 Å². The first-order chi connectivity index (χ1) is 6.34. The summed E-state index contributed by atoms with van der Waals surface area (Å²) in [6.07, 6.45) is 5.83. The normalized spacial score (nSPS) is 9.00. The minimum absolute atomic E-state index is 0.162. The molecule has 13 heavy (non-hydrogen) atoms. The Hall–Kier alpha value is -1.49. The monoisotopic (exact) mass is 176 g/mol. The second kappa shape index (κ2) is 5.21. The van der Waals surface area contributed by atoms with Crippen LogP contribution in [0.1, 0.15) is 36.5 Å². The van der Waals surface area contributed by atoms with Crippen molar-refractivity contribution in [1.82, 2.24) is 0 Å². The van der Waals surface area contributed by atoms with Gasteiger partial charge in [-0.15, -0.1) is 0 Å². The third kappa shape index (κ3) is 3.16. The number of hydrogen-bond donors (Lipinski definition) is 0. The van der Waals surface area contributed by atoms with Gasteiger partial charge in [0.25, 0.3) is 0 Å². The predicted octanol–water partition coefficient (Wildman–Crippen LogP) is 2.66. The number of furan rings is 1. The molecule has 0 saturated carbocycles. The van der Waals surface area contributed by atoms with Crippen molar-refractivity contribution in [1.29, 1.82) is 0 Å². The number of hydrogen-bond acceptors (Lipinski definition) is 2. The number of Topliss-reactive ketones (excluding diaryl/α,β-unsaturated/α-hetero) is 1. The van der Waals surface area contributed by atoms with E-state index in [-0.39, 0.29) is 5.78 Å². The molecule has 0 radical (unpaired) electrons. The maximum Gasteiger partial charge on any atom is 0.239 e.